The number of benzene rings is 4. The minimum Gasteiger partial charge on any atom is -0.456 e. The maximum atomic E-state index is 12.1. The average Bonchev–Trinajstić information content (AvgIpc) is 2.77. The molecule has 1 aliphatic heterocycles. The number of hydrogen-bond donors (Lipinski definition) is 1. The molecule has 0 radical (unpaired) electrons. The molecule has 3 aromatic carbocycles. The van der Waals surface area contributed by atoms with Crippen LogP contribution in [0.15, 0.2) is 105 Å². The predicted molar refractivity (Wildman–Crippen MR) is 125 cm³/mol. The summed E-state index contributed by atoms with van der Waals surface area (Å²) < 4.78 is 40.2. The Labute approximate surface area is 189 Å². The quantitative estimate of drug-likeness (QED) is 0.251. The van der Waals surface area contributed by atoms with Gasteiger partial charge in [0.2, 0.25) is 0 Å². The molecule has 7 heteroatoms. The predicted octanol–water partition coefficient (Wildman–Crippen LogP) is 6.34. The Morgan fingerprint density at radius 3 is 2.34 bits per heavy atom. The number of rotatable bonds is 3. The molecule has 5 nitrogen and oxygen atoms in total. The van der Waals surface area contributed by atoms with Crippen LogP contribution in [0.3, 0.4) is 0 Å². The third-order valence-electron chi connectivity index (χ3n) is 5.12. The van der Waals surface area contributed by atoms with E-state index in [2.05, 4.69) is 4.99 Å². The maximum Gasteiger partial charge on any atom is 0.295 e. The van der Waals surface area contributed by atoms with E-state index in [9.17, 15) is 13.0 Å². The van der Waals surface area contributed by atoms with Crippen molar-refractivity contribution in [1.82, 2.24) is 0 Å². The highest BCUT2D eigenvalue weighted by atomic mass is 35.5. The van der Waals surface area contributed by atoms with Crippen LogP contribution in [0.1, 0.15) is 0 Å². The van der Waals surface area contributed by atoms with E-state index in [4.69, 9.17) is 16.0 Å². The second-order valence-electron chi connectivity index (χ2n) is 7.22. The summed E-state index contributed by atoms with van der Waals surface area (Å²) in [5.41, 5.74) is 2.96. The van der Waals surface area contributed by atoms with E-state index in [1.807, 2.05) is 42.5 Å². The third-order valence-corrected chi connectivity index (χ3v) is 6.26. The van der Waals surface area contributed by atoms with Crippen molar-refractivity contribution < 1.29 is 17.4 Å². The van der Waals surface area contributed by atoms with Crippen molar-refractivity contribution in [3.05, 3.63) is 101 Å². The molecule has 3 aromatic rings. The molecule has 0 amide bonds. The van der Waals surface area contributed by atoms with Crippen LogP contribution in [-0.4, -0.2) is 13.0 Å². The van der Waals surface area contributed by atoms with Crippen molar-refractivity contribution in [3.8, 4) is 22.5 Å². The minimum absolute atomic E-state index is 0.179. The summed E-state index contributed by atoms with van der Waals surface area (Å²) in [6.07, 6.45) is 0. The summed E-state index contributed by atoms with van der Waals surface area (Å²) in [6.45, 7) is 0. The van der Waals surface area contributed by atoms with E-state index in [0.717, 1.165) is 5.69 Å². The molecule has 0 fully saturated rings. The standard InChI is InChI=1S/C25H16ClNO4S/c26-16-10-12-19-22(14-16)31-23-15-18(27-17-6-2-1-3-7-17)11-13-20(23)25(19)21-8-4-5-9-24(21)32(28,29)30/h1-15H,(H,28,29,30)/b27-18-. The lowest BCUT2D eigenvalue weighted by atomic mass is 9.93. The maximum absolute atomic E-state index is 12.1. The van der Waals surface area contributed by atoms with E-state index in [-0.39, 0.29) is 4.90 Å². The number of fused-ring (bicyclic) bond motifs is 2. The van der Waals surface area contributed by atoms with Gasteiger partial charge in [0.25, 0.3) is 10.1 Å². The van der Waals surface area contributed by atoms with Gasteiger partial charge in [-0.25, -0.2) is 4.99 Å². The summed E-state index contributed by atoms with van der Waals surface area (Å²) in [6, 6.07) is 26.5. The first-order valence-corrected chi connectivity index (χ1v) is 11.5. The van der Waals surface area contributed by atoms with Crippen molar-refractivity contribution >= 4 is 38.4 Å². The van der Waals surface area contributed by atoms with E-state index in [1.165, 1.54) is 6.07 Å². The molecule has 0 atom stereocenters. The zero-order chi connectivity index (χ0) is 22.3. The summed E-state index contributed by atoms with van der Waals surface area (Å²) in [5.74, 6) is 0.511. The van der Waals surface area contributed by atoms with Gasteiger partial charge in [-0.3, -0.25) is 4.55 Å². The monoisotopic (exact) mass is 461 g/mol. The Hall–Kier alpha value is -3.45. The van der Waals surface area contributed by atoms with Crippen molar-refractivity contribution in [2.45, 2.75) is 4.90 Å². The van der Waals surface area contributed by atoms with Crippen LogP contribution in [0.25, 0.3) is 33.4 Å². The van der Waals surface area contributed by atoms with Crippen LogP contribution in [0.4, 0.5) is 5.69 Å². The smallest absolute Gasteiger partial charge is 0.295 e. The summed E-state index contributed by atoms with van der Waals surface area (Å²) in [4.78, 5) is 4.45. The Morgan fingerprint density at radius 2 is 1.56 bits per heavy atom. The first-order chi connectivity index (χ1) is 15.4. The average molecular weight is 462 g/mol. The highest BCUT2D eigenvalue weighted by Crippen LogP contribution is 2.42. The minimum atomic E-state index is -4.45. The largest absolute Gasteiger partial charge is 0.456 e. The van der Waals surface area contributed by atoms with Gasteiger partial charge in [0, 0.05) is 39.2 Å². The fraction of sp³-hybridized carbons (Fsp3) is 0. The van der Waals surface area contributed by atoms with E-state index in [1.54, 1.807) is 42.5 Å². The molecule has 0 unspecified atom stereocenters. The van der Waals surface area contributed by atoms with E-state index >= 15 is 0 Å². The zero-order valence-corrected chi connectivity index (χ0v) is 18.1. The van der Waals surface area contributed by atoms with Crippen LogP contribution in [0, 0.1) is 0 Å². The lowest BCUT2D eigenvalue weighted by Gasteiger charge is -2.17. The molecule has 32 heavy (non-hydrogen) atoms. The van der Waals surface area contributed by atoms with Crippen LogP contribution in [-0.2, 0) is 10.1 Å². The normalized spacial score (nSPS) is 12.5. The van der Waals surface area contributed by atoms with Crippen LogP contribution in [0.5, 0.6) is 0 Å². The van der Waals surface area contributed by atoms with Gasteiger partial charge in [-0.2, -0.15) is 8.42 Å². The van der Waals surface area contributed by atoms with Crippen molar-refractivity contribution in [1.29, 1.82) is 0 Å². The highest BCUT2D eigenvalue weighted by molar-refractivity contribution is 7.86. The van der Waals surface area contributed by atoms with Crippen molar-refractivity contribution in [2.75, 3.05) is 0 Å². The lowest BCUT2D eigenvalue weighted by Crippen LogP contribution is -2.04. The molecule has 5 rings (SSSR count). The van der Waals surface area contributed by atoms with Crippen LogP contribution >= 0.6 is 11.6 Å². The second kappa shape index (κ2) is 7.91. The van der Waals surface area contributed by atoms with Gasteiger partial charge in [0.1, 0.15) is 16.2 Å². The molecule has 0 aromatic heterocycles. The SMILES string of the molecule is O=S(=O)(O)c1ccccc1-c1c2cc/c(=N/c3ccccc3)cc-2oc2cc(Cl)ccc12. The van der Waals surface area contributed by atoms with Gasteiger partial charge in [-0.15, -0.1) is 0 Å². The Morgan fingerprint density at radius 1 is 0.812 bits per heavy atom. The molecule has 1 heterocycles. The van der Waals surface area contributed by atoms with Gasteiger partial charge < -0.3 is 4.42 Å². The number of hydrogen-bond acceptors (Lipinski definition) is 4. The van der Waals surface area contributed by atoms with Gasteiger partial charge >= 0.3 is 0 Å². The molecule has 1 N–H and O–H groups in total. The molecular formula is C25H16ClNO4S. The Bertz CT molecular complexity index is 1610. The first-order valence-electron chi connectivity index (χ1n) is 9.73. The van der Waals surface area contributed by atoms with Crippen LogP contribution in [0.2, 0.25) is 5.02 Å². The summed E-state index contributed by atoms with van der Waals surface area (Å²) in [5, 5.41) is 1.84. The van der Waals surface area contributed by atoms with E-state index < -0.39 is 10.1 Å². The molecule has 2 aliphatic rings. The number of nitrogens with zero attached hydrogens (tertiary/aromatic N) is 1. The lowest BCUT2D eigenvalue weighted by molar-refractivity contribution is 0.483. The van der Waals surface area contributed by atoms with Gasteiger partial charge in [0.05, 0.1) is 11.0 Å². The van der Waals surface area contributed by atoms with Crippen LogP contribution < -0.4 is 5.36 Å². The number of halogens is 1. The molecule has 158 valence electrons. The number of para-hydroxylation sites is 1. The second-order valence-corrected chi connectivity index (χ2v) is 9.04. The molecule has 0 saturated carbocycles. The molecule has 0 bridgehead atoms. The van der Waals surface area contributed by atoms with Crippen molar-refractivity contribution in [3.63, 3.8) is 0 Å². The fourth-order valence-corrected chi connectivity index (χ4v) is 4.62. The molecule has 0 saturated heterocycles. The fourth-order valence-electron chi connectivity index (χ4n) is 3.76. The molecule has 1 aliphatic carbocycles. The Balaban J connectivity index is 1.87. The summed E-state index contributed by atoms with van der Waals surface area (Å²) >= 11 is 6.20. The highest BCUT2D eigenvalue weighted by Gasteiger charge is 2.23. The first kappa shape index (κ1) is 20.5. The third kappa shape index (κ3) is 3.80. The molecular weight excluding hydrogens is 446 g/mol. The van der Waals surface area contributed by atoms with Crippen molar-refractivity contribution in [2.24, 2.45) is 4.99 Å². The van der Waals surface area contributed by atoms with Gasteiger partial charge in [0.15, 0.2) is 0 Å². The zero-order valence-electron chi connectivity index (χ0n) is 16.6. The van der Waals surface area contributed by atoms with Gasteiger partial charge in [-0.1, -0.05) is 48.0 Å². The van der Waals surface area contributed by atoms with Gasteiger partial charge in [-0.05, 0) is 42.5 Å². The van der Waals surface area contributed by atoms with E-state index in [0.29, 0.717) is 43.8 Å². The summed E-state index contributed by atoms with van der Waals surface area (Å²) in [7, 11) is -4.45. The Kier molecular flexibility index (Phi) is 5.06. The topological polar surface area (TPSA) is 79.9 Å². The molecule has 0 spiro atoms.